The highest BCUT2D eigenvalue weighted by Gasteiger charge is 2.27. The average Bonchev–Trinajstić information content (AvgIpc) is 2.99. The number of thiophene rings is 1. The van der Waals surface area contributed by atoms with Gasteiger partial charge in [-0.15, -0.1) is 11.3 Å². The van der Waals surface area contributed by atoms with E-state index >= 15 is 0 Å². The lowest BCUT2D eigenvalue weighted by molar-refractivity contribution is -0.118. The number of ether oxygens (including phenoxy) is 2. The van der Waals surface area contributed by atoms with Gasteiger partial charge in [-0.05, 0) is 50.3 Å². The highest BCUT2D eigenvalue weighted by Crippen LogP contribution is 2.38. The van der Waals surface area contributed by atoms with Gasteiger partial charge < -0.3 is 14.8 Å². The first-order valence-corrected chi connectivity index (χ1v) is 9.78. The van der Waals surface area contributed by atoms with Crippen molar-refractivity contribution in [2.75, 3.05) is 18.5 Å². The van der Waals surface area contributed by atoms with E-state index in [9.17, 15) is 9.59 Å². The summed E-state index contributed by atoms with van der Waals surface area (Å²) in [5.41, 5.74) is 1.51. The van der Waals surface area contributed by atoms with Crippen LogP contribution < -0.4 is 10.1 Å². The smallest absolute Gasteiger partial charge is 0.341 e. The molecule has 1 heterocycles. The molecule has 0 atom stereocenters. The van der Waals surface area contributed by atoms with Gasteiger partial charge in [0, 0.05) is 4.88 Å². The van der Waals surface area contributed by atoms with Crippen LogP contribution in [0.2, 0.25) is 5.02 Å². The second-order valence-electron chi connectivity index (χ2n) is 5.90. The number of carbonyl (C=O) groups excluding carboxylic acids is 2. The fraction of sp³-hybridized carbons (Fsp3) is 0.368. The van der Waals surface area contributed by atoms with E-state index in [0.29, 0.717) is 27.9 Å². The van der Waals surface area contributed by atoms with Crippen molar-refractivity contribution in [2.24, 2.45) is 0 Å². The molecule has 0 fully saturated rings. The van der Waals surface area contributed by atoms with Gasteiger partial charge in [-0.25, -0.2) is 4.79 Å². The minimum Gasteiger partial charge on any atom is -0.482 e. The molecule has 7 heteroatoms. The summed E-state index contributed by atoms with van der Waals surface area (Å²) in [4.78, 5) is 25.9. The SMILES string of the molecule is CCOC(=O)c1c(NC(=O)COc2ccccc2Cl)sc2c1CCCC2. The van der Waals surface area contributed by atoms with Crippen LogP contribution in [0.4, 0.5) is 5.00 Å². The zero-order valence-corrected chi connectivity index (χ0v) is 16.0. The molecule has 0 bridgehead atoms. The lowest BCUT2D eigenvalue weighted by Crippen LogP contribution is -2.21. The summed E-state index contributed by atoms with van der Waals surface area (Å²) in [7, 11) is 0. The number of aryl methyl sites for hydroxylation is 1. The number of rotatable bonds is 6. The Morgan fingerprint density at radius 2 is 2.00 bits per heavy atom. The van der Waals surface area contributed by atoms with E-state index in [-0.39, 0.29) is 18.5 Å². The van der Waals surface area contributed by atoms with Gasteiger partial charge in [0.05, 0.1) is 17.2 Å². The first kappa shape index (κ1) is 18.7. The Kier molecular flexibility index (Phi) is 6.16. The van der Waals surface area contributed by atoms with Crippen LogP contribution in [0.1, 0.15) is 40.6 Å². The lowest BCUT2D eigenvalue weighted by atomic mass is 9.95. The zero-order valence-electron chi connectivity index (χ0n) is 14.5. The number of esters is 1. The third-order valence-electron chi connectivity index (χ3n) is 4.10. The Morgan fingerprint density at radius 1 is 1.23 bits per heavy atom. The summed E-state index contributed by atoms with van der Waals surface area (Å²) in [6.07, 6.45) is 3.91. The highest BCUT2D eigenvalue weighted by molar-refractivity contribution is 7.17. The predicted octanol–water partition coefficient (Wildman–Crippen LogP) is 4.47. The normalized spacial score (nSPS) is 13.0. The summed E-state index contributed by atoms with van der Waals surface area (Å²) in [5, 5.41) is 3.80. The zero-order chi connectivity index (χ0) is 18.5. The van der Waals surface area contributed by atoms with E-state index < -0.39 is 0 Å². The van der Waals surface area contributed by atoms with Gasteiger partial charge in [-0.3, -0.25) is 4.79 Å². The number of benzene rings is 1. The molecule has 0 saturated carbocycles. The van der Waals surface area contributed by atoms with Crippen LogP contribution in [0.25, 0.3) is 0 Å². The molecule has 26 heavy (non-hydrogen) atoms. The molecule has 0 unspecified atom stereocenters. The van der Waals surface area contributed by atoms with Gasteiger partial charge in [0.1, 0.15) is 10.8 Å². The number of hydrogen-bond donors (Lipinski definition) is 1. The van der Waals surface area contributed by atoms with E-state index in [1.54, 1.807) is 31.2 Å². The molecule has 138 valence electrons. The van der Waals surface area contributed by atoms with Gasteiger partial charge in [0.2, 0.25) is 0 Å². The molecule has 1 aliphatic carbocycles. The second kappa shape index (κ2) is 8.56. The minimum absolute atomic E-state index is 0.186. The fourth-order valence-electron chi connectivity index (χ4n) is 2.94. The van der Waals surface area contributed by atoms with Gasteiger partial charge in [-0.2, -0.15) is 0 Å². The number of nitrogens with one attached hydrogen (secondary N) is 1. The Balaban J connectivity index is 1.74. The van der Waals surface area contributed by atoms with Crippen LogP contribution in [0, 0.1) is 0 Å². The summed E-state index contributed by atoms with van der Waals surface area (Å²) in [5.74, 6) is -0.274. The van der Waals surface area contributed by atoms with Crippen LogP contribution in [0.15, 0.2) is 24.3 Å². The molecule has 0 spiro atoms. The minimum atomic E-state index is -0.380. The van der Waals surface area contributed by atoms with Crippen molar-refractivity contribution in [1.29, 1.82) is 0 Å². The van der Waals surface area contributed by atoms with Crippen molar-refractivity contribution in [1.82, 2.24) is 0 Å². The maximum atomic E-state index is 12.4. The maximum Gasteiger partial charge on any atom is 0.341 e. The topological polar surface area (TPSA) is 64.6 Å². The summed E-state index contributed by atoms with van der Waals surface area (Å²) >= 11 is 7.48. The van der Waals surface area contributed by atoms with Crippen LogP contribution in [-0.2, 0) is 22.4 Å². The predicted molar refractivity (Wildman–Crippen MR) is 102 cm³/mol. The largest absolute Gasteiger partial charge is 0.482 e. The van der Waals surface area contributed by atoms with E-state index in [2.05, 4.69) is 5.32 Å². The molecule has 1 aromatic carbocycles. The number of hydrogen-bond acceptors (Lipinski definition) is 5. The van der Waals surface area contributed by atoms with Crippen LogP contribution in [0.5, 0.6) is 5.75 Å². The lowest BCUT2D eigenvalue weighted by Gasteiger charge is -2.12. The molecular weight excluding hydrogens is 374 g/mol. The molecule has 3 rings (SSSR count). The molecule has 1 amide bonds. The van der Waals surface area contributed by atoms with E-state index in [1.165, 1.54) is 11.3 Å². The number of halogens is 1. The molecule has 0 saturated heterocycles. The number of carbonyl (C=O) groups is 2. The number of anilines is 1. The van der Waals surface area contributed by atoms with Gasteiger partial charge in [0.15, 0.2) is 6.61 Å². The van der Waals surface area contributed by atoms with Crippen molar-refractivity contribution >= 4 is 39.8 Å². The Labute approximate surface area is 161 Å². The van der Waals surface area contributed by atoms with Crippen molar-refractivity contribution < 1.29 is 19.1 Å². The Hall–Kier alpha value is -2.05. The highest BCUT2D eigenvalue weighted by atomic mass is 35.5. The Bertz CT molecular complexity index is 818. The maximum absolute atomic E-state index is 12.4. The van der Waals surface area contributed by atoms with Gasteiger partial charge >= 0.3 is 5.97 Å². The molecule has 0 aliphatic heterocycles. The average molecular weight is 394 g/mol. The fourth-order valence-corrected chi connectivity index (χ4v) is 4.42. The standard InChI is InChI=1S/C19H20ClNO4S/c1-2-24-19(23)17-12-7-3-6-10-15(12)26-18(17)21-16(22)11-25-14-9-5-4-8-13(14)20/h4-5,8-9H,2-3,6-7,10-11H2,1H3,(H,21,22). The van der Waals surface area contributed by atoms with E-state index in [0.717, 1.165) is 36.1 Å². The van der Waals surface area contributed by atoms with E-state index in [1.807, 2.05) is 0 Å². The van der Waals surface area contributed by atoms with Gasteiger partial charge in [0.25, 0.3) is 5.91 Å². The molecular formula is C19H20ClNO4S. The first-order chi connectivity index (χ1) is 12.6. The quantitative estimate of drug-likeness (QED) is 0.735. The number of fused-ring (bicyclic) bond motifs is 1. The Morgan fingerprint density at radius 3 is 2.77 bits per heavy atom. The molecule has 2 aromatic rings. The van der Waals surface area contributed by atoms with Crippen molar-refractivity contribution in [3.63, 3.8) is 0 Å². The van der Waals surface area contributed by atoms with Gasteiger partial charge in [-0.1, -0.05) is 23.7 Å². The van der Waals surface area contributed by atoms with Crippen molar-refractivity contribution in [3.8, 4) is 5.75 Å². The third-order valence-corrected chi connectivity index (χ3v) is 5.62. The molecule has 1 aromatic heterocycles. The number of para-hydroxylation sites is 1. The third kappa shape index (κ3) is 4.19. The summed E-state index contributed by atoms with van der Waals surface area (Å²) < 4.78 is 10.7. The van der Waals surface area contributed by atoms with Crippen molar-refractivity contribution in [3.05, 3.63) is 45.3 Å². The van der Waals surface area contributed by atoms with Crippen molar-refractivity contribution in [2.45, 2.75) is 32.6 Å². The summed E-state index contributed by atoms with van der Waals surface area (Å²) in [6, 6.07) is 6.97. The molecule has 0 radical (unpaired) electrons. The molecule has 5 nitrogen and oxygen atoms in total. The molecule has 1 N–H and O–H groups in total. The first-order valence-electron chi connectivity index (χ1n) is 8.59. The van der Waals surface area contributed by atoms with Crippen LogP contribution >= 0.6 is 22.9 Å². The molecule has 1 aliphatic rings. The number of amides is 1. The summed E-state index contributed by atoms with van der Waals surface area (Å²) in [6.45, 7) is 1.88. The van der Waals surface area contributed by atoms with Crippen LogP contribution in [-0.4, -0.2) is 25.1 Å². The van der Waals surface area contributed by atoms with E-state index in [4.69, 9.17) is 21.1 Å². The van der Waals surface area contributed by atoms with Crippen LogP contribution in [0.3, 0.4) is 0 Å². The second-order valence-corrected chi connectivity index (χ2v) is 7.42. The monoisotopic (exact) mass is 393 g/mol.